The average Bonchev–Trinajstić information content (AvgIpc) is 2.66. The number of carbonyl (C=O) groups excluding carboxylic acids is 2. The quantitative estimate of drug-likeness (QED) is 0.603. The van der Waals surface area contributed by atoms with Crippen LogP contribution in [0.2, 0.25) is 4.34 Å². The highest BCUT2D eigenvalue weighted by Gasteiger charge is 2.30. The van der Waals surface area contributed by atoms with Crippen molar-refractivity contribution in [2.45, 2.75) is 19.1 Å². The summed E-state index contributed by atoms with van der Waals surface area (Å²) in [5, 5.41) is 12.3. The van der Waals surface area contributed by atoms with Crippen molar-refractivity contribution >= 4 is 51.2 Å². The lowest BCUT2D eigenvalue weighted by atomic mass is 10.1. The first-order chi connectivity index (χ1) is 8.51. The molecule has 0 aliphatic carbocycles. The van der Waals surface area contributed by atoms with Gasteiger partial charge in [-0.3, -0.25) is 4.79 Å². The topological polar surface area (TPSA) is 75.6 Å². The smallest absolute Gasteiger partial charge is 0.331 e. The van der Waals surface area contributed by atoms with Crippen molar-refractivity contribution in [3.05, 3.63) is 19.8 Å². The molecule has 0 aliphatic rings. The summed E-state index contributed by atoms with van der Waals surface area (Å²) in [5.74, 6) is -0.697. The van der Waals surface area contributed by atoms with Gasteiger partial charge in [0.05, 0.1) is 6.61 Å². The van der Waals surface area contributed by atoms with Crippen LogP contribution in [0, 0.1) is 0 Å². The number of hydrogen-bond donors (Lipinski definition) is 2. The van der Waals surface area contributed by atoms with Crippen molar-refractivity contribution in [3.8, 4) is 0 Å². The standard InChI is InChI=1S/C10H11BrClNO4S/c1-2-17-10(16)7(13-4-14)8(15)6-3-5(11)9(12)18-6/h3-4,7-8,15H,2H2,1H3,(H,13,14). The van der Waals surface area contributed by atoms with E-state index in [1.54, 1.807) is 13.0 Å². The number of carbonyl (C=O) groups is 2. The number of aliphatic hydroxyl groups excluding tert-OH is 1. The maximum absolute atomic E-state index is 11.6. The number of aliphatic hydroxyl groups is 1. The fourth-order valence-electron chi connectivity index (χ4n) is 1.27. The predicted octanol–water partition coefficient (Wildman–Crippen LogP) is 1.88. The number of halogens is 2. The number of esters is 1. The molecule has 0 saturated carbocycles. The summed E-state index contributed by atoms with van der Waals surface area (Å²) >= 11 is 10.2. The van der Waals surface area contributed by atoms with Gasteiger partial charge in [-0.05, 0) is 28.9 Å². The van der Waals surface area contributed by atoms with Crippen LogP contribution >= 0.6 is 38.9 Å². The van der Waals surface area contributed by atoms with Crippen molar-refractivity contribution < 1.29 is 19.4 Å². The Morgan fingerprint density at radius 3 is 2.89 bits per heavy atom. The number of ether oxygens (including phenoxy) is 1. The summed E-state index contributed by atoms with van der Waals surface area (Å²) in [6.07, 6.45) is -0.863. The molecule has 1 heterocycles. The van der Waals surface area contributed by atoms with E-state index in [0.29, 0.717) is 20.1 Å². The highest BCUT2D eigenvalue weighted by Crippen LogP contribution is 2.36. The zero-order valence-electron chi connectivity index (χ0n) is 9.35. The Morgan fingerprint density at radius 1 is 1.78 bits per heavy atom. The lowest BCUT2D eigenvalue weighted by molar-refractivity contribution is -0.149. The van der Waals surface area contributed by atoms with E-state index in [0.717, 1.165) is 11.3 Å². The van der Waals surface area contributed by atoms with Crippen molar-refractivity contribution in [1.29, 1.82) is 0 Å². The van der Waals surface area contributed by atoms with Crippen LogP contribution in [0.25, 0.3) is 0 Å². The van der Waals surface area contributed by atoms with Gasteiger partial charge in [0.15, 0.2) is 6.04 Å². The van der Waals surface area contributed by atoms with E-state index in [2.05, 4.69) is 21.2 Å². The minimum Gasteiger partial charge on any atom is -0.464 e. The molecule has 5 nitrogen and oxygen atoms in total. The van der Waals surface area contributed by atoms with Gasteiger partial charge in [-0.2, -0.15) is 0 Å². The Kier molecular flexibility index (Phi) is 6.07. The van der Waals surface area contributed by atoms with Crippen LogP contribution in [0.15, 0.2) is 10.5 Å². The minimum absolute atomic E-state index is 0.164. The fourth-order valence-corrected chi connectivity index (χ4v) is 3.03. The van der Waals surface area contributed by atoms with Gasteiger partial charge in [-0.15, -0.1) is 11.3 Å². The molecule has 2 atom stereocenters. The molecule has 0 aliphatic heterocycles. The number of thiophene rings is 1. The third-order valence-corrected chi connectivity index (χ3v) is 4.60. The van der Waals surface area contributed by atoms with Crippen molar-refractivity contribution in [2.24, 2.45) is 0 Å². The summed E-state index contributed by atoms with van der Waals surface area (Å²) in [6, 6.07) is 0.445. The van der Waals surface area contributed by atoms with Crippen molar-refractivity contribution in [1.82, 2.24) is 5.32 Å². The second kappa shape index (κ2) is 7.08. The van der Waals surface area contributed by atoms with E-state index in [9.17, 15) is 14.7 Å². The van der Waals surface area contributed by atoms with E-state index in [1.807, 2.05) is 0 Å². The maximum atomic E-state index is 11.6. The minimum atomic E-state index is -1.21. The number of rotatable bonds is 6. The lowest BCUT2D eigenvalue weighted by Gasteiger charge is -2.19. The first kappa shape index (κ1) is 15.4. The summed E-state index contributed by atoms with van der Waals surface area (Å²) in [6.45, 7) is 1.80. The Hall–Kier alpha value is -0.630. The molecule has 0 bridgehead atoms. The molecule has 2 unspecified atom stereocenters. The molecule has 1 rings (SSSR count). The highest BCUT2D eigenvalue weighted by atomic mass is 79.9. The molecule has 2 N–H and O–H groups in total. The molecule has 8 heteroatoms. The molecule has 100 valence electrons. The van der Waals surface area contributed by atoms with Crippen LogP contribution in [0.4, 0.5) is 0 Å². The van der Waals surface area contributed by atoms with Gasteiger partial charge < -0.3 is 15.2 Å². The molecule has 18 heavy (non-hydrogen) atoms. The van der Waals surface area contributed by atoms with Crippen molar-refractivity contribution in [3.63, 3.8) is 0 Å². The third-order valence-electron chi connectivity index (χ3n) is 2.06. The van der Waals surface area contributed by atoms with Gasteiger partial charge in [0.2, 0.25) is 6.41 Å². The largest absolute Gasteiger partial charge is 0.464 e. The van der Waals surface area contributed by atoms with Gasteiger partial charge in [0, 0.05) is 9.35 Å². The molecule has 0 radical (unpaired) electrons. The molecule has 0 aromatic carbocycles. The SMILES string of the molecule is CCOC(=O)C(NC=O)C(O)c1cc(Br)c(Cl)s1. The van der Waals surface area contributed by atoms with Crippen molar-refractivity contribution in [2.75, 3.05) is 6.61 Å². The normalized spacial score (nSPS) is 13.8. The van der Waals surface area contributed by atoms with Crippen LogP contribution in [0.5, 0.6) is 0 Å². The van der Waals surface area contributed by atoms with Crippen LogP contribution in [0.3, 0.4) is 0 Å². The molecule has 1 aromatic rings. The van der Waals surface area contributed by atoms with E-state index < -0.39 is 18.1 Å². The highest BCUT2D eigenvalue weighted by molar-refractivity contribution is 9.10. The monoisotopic (exact) mass is 355 g/mol. The molecule has 0 spiro atoms. The predicted molar refractivity (Wildman–Crippen MR) is 71.6 cm³/mol. The number of amides is 1. The van der Waals surface area contributed by atoms with E-state index >= 15 is 0 Å². The maximum Gasteiger partial charge on any atom is 0.331 e. The second-order valence-electron chi connectivity index (χ2n) is 3.23. The molecular weight excluding hydrogens is 346 g/mol. The zero-order valence-corrected chi connectivity index (χ0v) is 12.5. The van der Waals surface area contributed by atoms with E-state index in [4.69, 9.17) is 16.3 Å². The number of nitrogens with one attached hydrogen (secondary N) is 1. The summed E-state index contributed by atoms with van der Waals surface area (Å²) in [5.41, 5.74) is 0. The second-order valence-corrected chi connectivity index (χ2v) is 5.77. The summed E-state index contributed by atoms with van der Waals surface area (Å²) < 4.78 is 5.85. The van der Waals surface area contributed by atoms with Gasteiger partial charge >= 0.3 is 5.97 Å². The lowest BCUT2D eigenvalue weighted by Crippen LogP contribution is -2.42. The van der Waals surface area contributed by atoms with Crippen LogP contribution < -0.4 is 5.32 Å². The summed E-state index contributed by atoms with van der Waals surface area (Å²) in [7, 11) is 0. The Bertz CT molecular complexity index is 420. The Morgan fingerprint density at radius 2 is 2.44 bits per heavy atom. The third kappa shape index (κ3) is 3.68. The van der Waals surface area contributed by atoms with Gasteiger partial charge in [0.25, 0.3) is 0 Å². The van der Waals surface area contributed by atoms with Crippen LogP contribution in [-0.2, 0) is 14.3 Å². The van der Waals surface area contributed by atoms with E-state index in [-0.39, 0.29) is 6.61 Å². The molecule has 0 saturated heterocycles. The molecular formula is C10H11BrClNO4S. The Balaban J connectivity index is 2.91. The summed E-state index contributed by atoms with van der Waals surface area (Å²) in [4.78, 5) is 22.5. The van der Waals surface area contributed by atoms with E-state index in [1.165, 1.54) is 0 Å². The number of hydrogen-bond acceptors (Lipinski definition) is 5. The first-order valence-corrected chi connectivity index (χ1v) is 6.99. The Labute approximate surface area is 121 Å². The zero-order chi connectivity index (χ0) is 13.7. The van der Waals surface area contributed by atoms with Gasteiger partial charge in [-0.25, -0.2) is 4.79 Å². The molecule has 1 aromatic heterocycles. The fraction of sp³-hybridized carbons (Fsp3) is 0.400. The van der Waals surface area contributed by atoms with Gasteiger partial charge in [-0.1, -0.05) is 11.6 Å². The van der Waals surface area contributed by atoms with Gasteiger partial charge in [0.1, 0.15) is 10.4 Å². The van der Waals surface area contributed by atoms with Crippen LogP contribution in [-0.4, -0.2) is 30.1 Å². The molecule has 0 fully saturated rings. The molecule has 1 amide bonds. The van der Waals surface area contributed by atoms with Crippen LogP contribution in [0.1, 0.15) is 17.9 Å². The first-order valence-electron chi connectivity index (χ1n) is 5.00. The average molecular weight is 357 g/mol.